The van der Waals surface area contributed by atoms with Gasteiger partial charge in [-0.15, -0.1) is 11.3 Å². The van der Waals surface area contributed by atoms with Crippen molar-refractivity contribution in [3.8, 4) is 0 Å². The van der Waals surface area contributed by atoms with E-state index in [1.165, 1.54) is 10.9 Å². The van der Waals surface area contributed by atoms with Gasteiger partial charge < -0.3 is 10.2 Å². The van der Waals surface area contributed by atoms with E-state index < -0.39 is 0 Å². The third-order valence-electron chi connectivity index (χ3n) is 3.58. The maximum Gasteiger partial charge on any atom is 0.123 e. The molecular weight excluding hydrogens is 271 g/mol. The molecule has 0 aliphatic heterocycles. The summed E-state index contributed by atoms with van der Waals surface area (Å²) in [5.74, 6) is -0.162. The van der Waals surface area contributed by atoms with Crippen molar-refractivity contribution in [1.29, 1.82) is 0 Å². The molecule has 1 N–H and O–H groups in total. The third-order valence-corrected chi connectivity index (χ3v) is 4.70. The van der Waals surface area contributed by atoms with Gasteiger partial charge in [0.25, 0.3) is 0 Å². The zero-order valence-electron chi connectivity index (χ0n) is 12.4. The van der Waals surface area contributed by atoms with Crippen molar-refractivity contribution >= 4 is 21.4 Å². The Balaban J connectivity index is 1.92. The Labute approximate surface area is 124 Å². The molecule has 2 aromatic rings. The maximum absolute atomic E-state index is 13.2. The Bertz CT molecular complexity index is 548. The van der Waals surface area contributed by atoms with Crippen LogP contribution >= 0.6 is 11.3 Å². The van der Waals surface area contributed by atoms with Gasteiger partial charge in [0.15, 0.2) is 0 Å². The zero-order chi connectivity index (χ0) is 14.5. The van der Waals surface area contributed by atoms with Crippen LogP contribution in [0.4, 0.5) is 4.39 Å². The number of hydrogen-bond acceptors (Lipinski definition) is 3. The van der Waals surface area contributed by atoms with Crippen LogP contribution < -0.4 is 5.32 Å². The summed E-state index contributed by atoms with van der Waals surface area (Å²) in [4.78, 5) is 3.68. The number of benzene rings is 1. The van der Waals surface area contributed by atoms with Crippen LogP contribution in [0.1, 0.15) is 25.6 Å². The van der Waals surface area contributed by atoms with Crippen LogP contribution in [0.5, 0.6) is 0 Å². The monoisotopic (exact) mass is 294 g/mol. The summed E-state index contributed by atoms with van der Waals surface area (Å²) in [6.07, 6.45) is 0. The molecule has 20 heavy (non-hydrogen) atoms. The number of likely N-dealkylation sites (N-methyl/N-ethyl adjacent to an activating group) is 1. The van der Waals surface area contributed by atoms with Gasteiger partial charge in [0.2, 0.25) is 0 Å². The molecular formula is C16H23FN2S. The van der Waals surface area contributed by atoms with Gasteiger partial charge in [-0.3, -0.25) is 0 Å². The highest BCUT2D eigenvalue weighted by Gasteiger charge is 2.08. The van der Waals surface area contributed by atoms with Crippen molar-refractivity contribution in [1.82, 2.24) is 10.2 Å². The molecule has 0 bridgehead atoms. The number of thiophene rings is 1. The summed E-state index contributed by atoms with van der Waals surface area (Å²) < 4.78 is 14.3. The van der Waals surface area contributed by atoms with Crippen LogP contribution in [0, 0.1) is 5.82 Å². The van der Waals surface area contributed by atoms with Gasteiger partial charge in [0.1, 0.15) is 5.82 Å². The molecule has 0 spiro atoms. The molecule has 0 aliphatic rings. The average molecular weight is 294 g/mol. The molecule has 1 unspecified atom stereocenters. The fourth-order valence-electron chi connectivity index (χ4n) is 2.36. The van der Waals surface area contributed by atoms with Gasteiger partial charge in [-0.25, -0.2) is 4.39 Å². The molecule has 0 saturated heterocycles. The lowest BCUT2D eigenvalue weighted by atomic mass is 10.2. The minimum atomic E-state index is -0.162. The lowest BCUT2D eigenvalue weighted by Crippen LogP contribution is -2.38. The summed E-state index contributed by atoms with van der Waals surface area (Å²) in [5, 5.41) is 4.55. The van der Waals surface area contributed by atoms with Gasteiger partial charge >= 0.3 is 0 Å². The van der Waals surface area contributed by atoms with Crippen molar-refractivity contribution < 1.29 is 4.39 Å². The molecule has 1 aromatic heterocycles. The molecule has 1 heterocycles. The van der Waals surface area contributed by atoms with E-state index in [-0.39, 0.29) is 5.82 Å². The molecule has 0 aliphatic carbocycles. The normalized spacial score (nSPS) is 13.2. The van der Waals surface area contributed by atoms with E-state index in [2.05, 4.69) is 37.1 Å². The summed E-state index contributed by atoms with van der Waals surface area (Å²) in [6.45, 7) is 10.7. The minimum absolute atomic E-state index is 0.162. The summed E-state index contributed by atoms with van der Waals surface area (Å²) in [7, 11) is 0. The van der Waals surface area contributed by atoms with Crippen molar-refractivity contribution in [2.45, 2.75) is 33.4 Å². The first-order valence-electron chi connectivity index (χ1n) is 7.26. The van der Waals surface area contributed by atoms with Crippen molar-refractivity contribution in [2.75, 3.05) is 19.6 Å². The summed E-state index contributed by atoms with van der Waals surface area (Å²) >= 11 is 1.74. The largest absolute Gasteiger partial charge is 0.308 e. The van der Waals surface area contributed by atoms with Crippen molar-refractivity contribution in [3.05, 3.63) is 35.0 Å². The Morgan fingerprint density at radius 2 is 2.00 bits per heavy atom. The van der Waals surface area contributed by atoms with Crippen molar-refractivity contribution in [3.63, 3.8) is 0 Å². The van der Waals surface area contributed by atoms with Gasteiger partial charge in [0.05, 0.1) is 0 Å². The predicted molar refractivity (Wildman–Crippen MR) is 85.9 cm³/mol. The molecule has 1 atom stereocenters. The second-order valence-corrected chi connectivity index (χ2v) is 6.33. The minimum Gasteiger partial charge on any atom is -0.308 e. The predicted octanol–water partition coefficient (Wildman–Crippen LogP) is 3.86. The molecule has 2 rings (SSSR count). The molecule has 2 nitrogen and oxygen atoms in total. The molecule has 0 saturated carbocycles. The van der Waals surface area contributed by atoms with E-state index in [1.54, 1.807) is 17.4 Å². The fourth-order valence-corrected chi connectivity index (χ4v) is 3.36. The number of rotatable bonds is 7. The van der Waals surface area contributed by atoms with Gasteiger partial charge in [-0.2, -0.15) is 0 Å². The lowest BCUT2D eigenvalue weighted by Gasteiger charge is -2.23. The van der Waals surface area contributed by atoms with Gasteiger partial charge in [-0.1, -0.05) is 13.8 Å². The van der Waals surface area contributed by atoms with E-state index in [0.29, 0.717) is 6.04 Å². The van der Waals surface area contributed by atoms with Gasteiger partial charge in [0, 0.05) is 28.7 Å². The highest BCUT2D eigenvalue weighted by Crippen LogP contribution is 2.26. The van der Waals surface area contributed by atoms with E-state index in [9.17, 15) is 4.39 Å². The number of nitrogens with one attached hydrogen (secondary N) is 1. The molecule has 0 fully saturated rings. The van der Waals surface area contributed by atoms with E-state index in [1.807, 2.05) is 6.07 Å². The van der Waals surface area contributed by atoms with E-state index >= 15 is 0 Å². The third kappa shape index (κ3) is 4.01. The molecule has 1 aromatic carbocycles. The second-order valence-electron chi connectivity index (χ2n) is 5.16. The Morgan fingerprint density at radius 3 is 2.70 bits per heavy atom. The molecule has 110 valence electrons. The first-order valence-corrected chi connectivity index (χ1v) is 8.07. The van der Waals surface area contributed by atoms with Crippen LogP contribution in [0.25, 0.3) is 10.1 Å². The quantitative estimate of drug-likeness (QED) is 0.834. The van der Waals surface area contributed by atoms with E-state index in [0.717, 1.165) is 36.3 Å². The number of hydrogen-bond donors (Lipinski definition) is 1. The zero-order valence-corrected chi connectivity index (χ0v) is 13.3. The summed E-state index contributed by atoms with van der Waals surface area (Å²) in [6, 6.07) is 7.53. The summed E-state index contributed by atoms with van der Waals surface area (Å²) in [5.41, 5.74) is 0. The average Bonchev–Trinajstić information content (AvgIpc) is 2.84. The fraction of sp³-hybridized carbons (Fsp3) is 0.500. The van der Waals surface area contributed by atoms with Crippen LogP contribution in [-0.4, -0.2) is 30.6 Å². The first kappa shape index (κ1) is 15.4. The molecule has 0 amide bonds. The highest BCUT2D eigenvalue weighted by molar-refractivity contribution is 7.19. The maximum atomic E-state index is 13.2. The number of halogens is 1. The Kier molecular flexibility index (Phi) is 5.52. The van der Waals surface area contributed by atoms with E-state index in [4.69, 9.17) is 0 Å². The smallest absolute Gasteiger partial charge is 0.123 e. The Hall–Kier alpha value is -0.970. The second kappa shape index (κ2) is 7.16. The number of fused-ring (bicyclic) bond motifs is 1. The van der Waals surface area contributed by atoms with Crippen molar-refractivity contribution in [2.24, 2.45) is 0 Å². The van der Waals surface area contributed by atoms with Crippen LogP contribution in [0.2, 0.25) is 0 Å². The molecule has 0 radical (unpaired) electrons. The number of nitrogens with zero attached hydrogens (tertiary/aromatic N) is 1. The molecule has 4 heteroatoms. The van der Waals surface area contributed by atoms with Crippen LogP contribution in [-0.2, 0) is 6.54 Å². The SMILES string of the molecule is CCN(CC)CC(C)NCc1cc2cc(F)ccc2s1. The topological polar surface area (TPSA) is 15.3 Å². The standard InChI is InChI=1S/C16H23FN2S/c1-4-19(5-2)11-12(3)18-10-15-9-13-8-14(17)6-7-16(13)20-15/h6-9,12,18H,4-5,10-11H2,1-3H3. The van der Waals surface area contributed by atoms with Crippen LogP contribution in [0.3, 0.4) is 0 Å². The van der Waals surface area contributed by atoms with Gasteiger partial charge in [-0.05, 0) is 49.7 Å². The highest BCUT2D eigenvalue weighted by atomic mass is 32.1. The van der Waals surface area contributed by atoms with Crippen LogP contribution in [0.15, 0.2) is 24.3 Å². The Morgan fingerprint density at radius 1 is 1.25 bits per heavy atom. The first-order chi connectivity index (χ1) is 9.62. The lowest BCUT2D eigenvalue weighted by molar-refractivity contribution is 0.271.